The van der Waals surface area contributed by atoms with Gasteiger partial charge in [0.15, 0.2) is 0 Å². The Morgan fingerprint density at radius 1 is 1.11 bits per heavy atom. The summed E-state index contributed by atoms with van der Waals surface area (Å²) >= 11 is 7.88. The number of halogens is 1. The Morgan fingerprint density at radius 3 is 2.74 bits per heavy atom. The molecule has 3 heterocycles. The van der Waals surface area contributed by atoms with Crippen LogP contribution in [0.15, 0.2) is 72.5 Å². The molecule has 0 bridgehead atoms. The summed E-state index contributed by atoms with van der Waals surface area (Å²) in [5.74, 6) is 0.984. The van der Waals surface area contributed by atoms with Gasteiger partial charge in [0.25, 0.3) is 0 Å². The summed E-state index contributed by atoms with van der Waals surface area (Å²) in [6.07, 6.45) is 4.36. The molecule has 1 atom stereocenters. The van der Waals surface area contributed by atoms with Gasteiger partial charge in [0.05, 0.1) is 33.7 Å². The maximum Gasteiger partial charge on any atom is 0.149 e. The van der Waals surface area contributed by atoms with Crippen molar-refractivity contribution < 1.29 is 13.2 Å². The van der Waals surface area contributed by atoms with Gasteiger partial charge in [-0.3, -0.25) is 4.98 Å². The van der Waals surface area contributed by atoms with Crippen molar-refractivity contribution in [3.63, 3.8) is 0 Å². The van der Waals surface area contributed by atoms with Gasteiger partial charge in [-0.05, 0) is 48.5 Å². The van der Waals surface area contributed by atoms with E-state index in [2.05, 4.69) is 25.3 Å². The Balaban J connectivity index is 1.37. The predicted octanol–water partition coefficient (Wildman–Crippen LogP) is 5.17. The van der Waals surface area contributed by atoms with Crippen molar-refractivity contribution >= 4 is 55.2 Å². The van der Waals surface area contributed by atoms with Crippen LogP contribution in [0.25, 0.3) is 21.5 Å². The molecule has 2 aromatic carbocycles. The molecule has 0 radical (unpaired) electrons. The Kier molecular flexibility index (Phi) is 7.52. The molecule has 0 aliphatic carbocycles. The molecule has 0 spiro atoms. The van der Waals surface area contributed by atoms with Crippen molar-refractivity contribution in [1.82, 2.24) is 19.9 Å². The molecule has 0 fully saturated rings. The number of thiazole rings is 1. The zero-order valence-electron chi connectivity index (χ0n) is 20.2. The fraction of sp³-hybridized carbons (Fsp3) is 0.154. The first-order valence-corrected chi connectivity index (χ1v) is 14.8. The summed E-state index contributed by atoms with van der Waals surface area (Å²) in [5.41, 5.74) is 9.72. The molecule has 1 unspecified atom stereocenters. The first-order valence-electron chi connectivity index (χ1n) is 11.5. The third-order valence-electron chi connectivity index (χ3n) is 5.56. The average molecular weight is 567 g/mol. The third kappa shape index (κ3) is 6.25. The predicted molar refractivity (Wildman–Crippen MR) is 151 cm³/mol. The Hall–Kier alpha value is -3.64. The molecule has 3 aromatic heterocycles. The van der Waals surface area contributed by atoms with E-state index >= 15 is 0 Å². The molecule has 194 valence electrons. The van der Waals surface area contributed by atoms with E-state index in [0.29, 0.717) is 28.9 Å². The molecule has 0 saturated carbocycles. The van der Waals surface area contributed by atoms with Gasteiger partial charge in [0, 0.05) is 34.5 Å². The number of anilines is 2. The number of nitrogens with two attached hydrogens (primary N) is 1. The van der Waals surface area contributed by atoms with Gasteiger partial charge in [0.2, 0.25) is 0 Å². The SMILES string of the molecule is CS(=O)(=O)CC(N)c1csc(-c2ccc3ncnc(Nc4ccc(OCc5ccccn5)c(Cl)c4)c3c2)n1. The standard InChI is InChI=1S/C26H23ClN6O3S2/c1-38(34,35)14-21(28)23-13-37-26(33-23)16-5-7-22-19(10-16)25(31-15-30-22)32-17-6-8-24(20(27)11-17)36-12-18-4-2-3-9-29-18/h2-11,13,15,21H,12,14,28H2,1H3,(H,30,31,32). The number of hydrogen-bond acceptors (Lipinski definition) is 10. The molecule has 0 aliphatic rings. The minimum Gasteiger partial charge on any atom is -0.486 e. The lowest BCUT2D eigenvalue weighted by Crippen LogP contribution is -2.21. The number of fused-ring (bicyclic) bond motifs is 1. The molecule has 5 rings (SSSR count). The topological polar surface area (TPSA) is 133 Å². The van der Waals surface area contributed by atoms with Crippen LogP contribution in [0.5, 0.6) is 5.75 Å². The normalized spacial score (nSPS) is 12.4. The average Bonchev–Trinajstić information content (AvgIpc) is 3.39. The first kappa shape index (κ1) is 26.0. The van der Waals surface area contributed by atoms with Crippen molar-refractivity contribution in [2.75, 3.05) is 17.3 Å². The number of nitrogens with zero attached hydrogens (tertiary/aromatic N) is 4. The molecule has 0 amide bonds. The van der Waals surface area contributed by atoms with Gasteiger partial charge in [-0.15, -0.1) is 11.3 Å². The monoisotopic (exact) mass is 566 g/mol. The molecular formula is C26H23ClN6O3S2. The molecule has 0 saturated heterocycles. The number of rotatable bonds is 9. The van der Waals surface area contributed by atoms with Crippen molar-refractivity contribution in [1.29, 1.82) is 0 Å². The molecule has 38 heavy (non-hydrogen) atoms. The highest BCUT2D eigenvalue weighted by Gasteiger charge is 2.17. The smallest absolute Gasteiger partial charge is 0.149 e. The minimum atomic E-state index is -3.22. The zero-order chi connectivity index (χ0) is 26.7. The largest absolute Gasteiger partial charge is 0.486 e. The summed E-state index contributed by atoms with van der Waals surface area (Å²) in [7, 11) is -3.22. The van der Waals surface area contributed by atoms with Crippen LogP contribution in [0.3, 0.4) is 0 Å². The van der Waals surface area contributed by atoms with Gasteiger partial charge < -0.3 is 15.8 Å². The molecule has 9 nitrogen and oxygen atoms in total. The van der Waals surface area contributed by atoms with Crippen LogP contribution >= 0.6 is 22.9 Å². The summed E-state index contributed by atoms with van der Waals surface area (Å²) < 4.78 is 29.0. The summed E-state index contributed by atoms with van der Waals surface area (Å²) in [4.78, 5) is 17.6. The van der Waals surface area contributed by atoms with E-state index in [0.717, 1.165) is 39.1 Å². The molecular weight excluding hydrogens is 544 g/mol. The van der Waals surface area contributed by atoms with Gasteiger partial charge in [0.1, 0.15) is 39.3 Å². The van der Waals surface area contributed by atoms with Crippen LogP contribution in [0.2, 0.25) is 5.02 Å². The van der Waals surface area contributed by atoms with Crippen LogP contribution in [0.1, 0.15) is 17.4 Å². The van der Waals surface area contributed by atoms with E-state index in [1.54, 1.807) is 23.7 Å². The number of aromatic nitrogens is 4. The Labute approximate surface area is 228 Å². The molecule has 3 N–H and O–H groups in total. The number of nitrogens with one attached hydrogen (secondary N) is 1. The fourth-order valence-corrected chi connectivity index (χ4v) is 5.70. The van der Waals surface area contributed by atoms with E-state index in [1.807, 2.05) is 42.5 Å². The summed E-state index contributed by atoms with van der Waals surface area (Å²) in [6, 6.07) is 16.1. The number of benzene rings is 2. The second-order valence-electron chi connectivity index (χ2n) is 8.61. The lowest BCUT2D eigenvalue weighted by molar-refractivity contribution is 0.301. The van der Waals surface area contributed by atoms with E-state index in [1.165, 1.54) is 17.7 Å². The van der Waals surface area contributed by atoms with Crippen LogP contribution in [-0.2, 0) is 16.4 Å². The Morgan fingerprint density at radius 2 is 1.97 bits per heavy atom. The highest BCUT2D eigenvalue weighted by atomic mass is 35.5. The lowest BCUT2D eigenvalue weighted by Gasteiger charge is -2.12. The molecule has 5 aromatic rings. The van der Waals surface area contributed by atoms with Crippen molar-refractivity contribution in [3.05, 3.63) is 88.9 Å². The first-order chi connectivity index (χ1) is 18.2. The zero-order valence-corrected chi connectivity index (χ0v) is 22.6. The van der Waals surface area contributed by atoms with E-state index in [9.17, 15) is 8.42 Å². The molecule has 0 aliphatic heterocycles. The summed E-state index contributed by atoms with van der Waals surface area (Å²) in [6.45, 7) is 0.310. The van der Waals surface area contributed by atoms with Crippen LogP contribution in [-0.4, -0.2) is 40.4 Å². The number of pyridine rings is 1. The summed E-state index contributed by atoms with van der Waals surface area (Å²) in [5, 5.41) is 7.05. The van der Waals surface area contributed by atoms with E-state index in [-0.39, 0.29) is 5.75 Å². The van der Waals surface area contributed by atoms with Crippen LogP contribution in [0, 0.1) is 0 Å². The maximum absolute atomic E-state index is 11.6. The minimum absolute atomic E-state index is 0.161. The number of sulfone groups is 1. The van der Waals surface area contributed by atoms with Crippen LogP contribution < -0.4 is 15.8 Å². The van der Waals surface area contributed by atoms with Crippen molar-refractivity contribution in [2.24, 2.45) is 5.73 Å². The molecule has 12 heteroatoms. The maximum atomic E-state index is 11.6. The highest BCUT2D eigenvalue weighted by Crippen LogP contribution is 2.33. The van der Waals surface area contributed by atoms with Gasteiger partial charge >= 0.3 is 0 Å². The quantitative estimate of drug-likeness (QED) is 0.248. The second-order valence-corrected chi connectivity index (χ2v) is 12.1. The number of hydrogen-bond donors (Lipinski definition) is 2. The Bertz CT molecular complexity index is 1700. The van der Waals surface area contributed by atoms with E-state index in [4.69, 9.17) is 22.1 Å². The fourth-order valence-electron chi connectivity index (χ4n) is 3.76. The third-order valence-corrected chi connectivity index (χ3v) is 7.73. The number of ether oxygens (including phenoxy) is 1. The lowest BCUT2D eigenvalue weighted by atomic mass is 10.1. The van der Waals surface area contributed by atoms with Gasteiger partial charge in [-0.25, -0.2) is 23.4 Å². The van der Waals surface area contributed by atoms with Gasteiger partial charge in [-0.2, -0.15) is 0 Å². The van der Waals surface area contributed by atoms with Crippen molar-refractivity contribution in [3.8, 4) is 16.3 Å². The van der Waals surface area contributed by atoms with Crippen LogP contribution in [0.4, 0.5) is 11.5 Å². The second kappa shape index (κ2) is 11.0. The van der Waals surface area contributed by atoms with E-state index < -0.39 is 15.9 Å². The highest BCUT2D eigenvalue weighted by molar-refractivity contribution is 7.90. The van der Waals surface area contributed by atoms with Gasteiger partial charge in [-0.1, -0.05) is 17.7 Å². The van der Waals surface area contributed by atoms with Crippen molar-refractivity contribution in [2.45, 2.75) is 12.6 Å².